The summed E-state index contributed by atoms with van der Waals surface area (Å²) >= 11 is 0. The summed E-state index contributed by atoms with van der Waals surface area (Å²) < 4.78 is 4.86. The molecule has 0 unspecified atom stereocenters. The number of carbonyl (C=O) groups is 2. The molecule has 0 bridgehead atoms. The Morgan fingerprint density at radius 2 is 2.32 bits per heavy atom. The number of aromatic nitrogens is 1. The Morgan fingerprint density at radius 3 is 3.00 bits per heavy atom. The largest absolute Gasteiger partial charge is 0.364 e. The van der Waals surface area contributed by atoms with Gasteiger partial charge in [0.15, 0.2) is 0 Å². The van der Waals surface area contributed by atoms with Gasteiger partial charge in [-0.15, -0.1) is 6.58 Å². The minimum Gasteiger partial charge on any atom is -0.364 e. The van der Waals surface area contributed by atoms with Gasteiger partial charge in [-0.05, 0) is 26.2 Å². The molecule has 1 aromatic heterocycles. The summed E-state index contributed by atoms with van der Waals surface area (Å²) in [6.45, 7) is 7.96. The number of rotatable bonds is 3. The number of aryl methyl sites for hydroxylation is 1. The third kappa shape index (κ3) is 2.32. The summed E-state index contributed by atoms with van der Waals surface area (Å²) in [6.07, 6.45) is 5.66. The second-order valence-corrected chi connectivity index (χ2v) is 6.21. The summed E-state index contributed by atoms with van der Waals surface area (Å²) in [6, 6.07) is 0. The standard InChI is InChI=1S/C16H21N3O3/c1-3-7-18-9-6-16(15(18)21)5-4-8-19(11-16)14(20)13-10-22-17-12(13)2/h3,10H,1,4-9,11H2,2H3/t16-/m0/s1. The number of piperidine rings is 1. The predicted molar refractivity (Wildman–Crippen MR) is 80.2 cm³/mol. The van der Waals surface area contributed by atoms with Crippen LogP contribution in [0.15, 0.2) is 23.4 Å². The van der Waals surface area contributed by atoms with Gasteiger partial charge in [0.1, 0.15) is 11.8 Å². The Bertz CT molecular complexity index is 610. The van der Waals surface area contributed by atoms with Crippen LogP contribution in [0.3, 0.4) is 0 Å². The van der Waals surface area contributed by atoms with Crippen LogP contribution < -0.4 is 0 Å². The van der Waals surface area contributed by atoms with Crippen molar-refractivity contribution in [3.05, 3.63) is 30.2 Å². The molecule has 2 saturated heterocycles. The second kappa shape index (κ2) is 5.59. The SMILES string of the molecule is C=CCN1CC[C@]2(CCCN(C(=O)c3conc3C)C2)C1=O. The first-order valence-electron chi connectivity index (χ1n) is 7.68. The summed E-state index contributed by atoms with van der Waals surface area (Å²) in [5.41, 5.74) is 0.670. The van der Waals surface area contributed by atoms with Crippen LogP contribution in [-0.4, -0.2) is 52.9 Å². The van der Waals surface area contributed by atoms with Crippen LogP contribution in [0.4, 0.5) is 0 Å². The number of hydrogen-bond acceptors (Lipinski definition) is 4. The van der Waals surface area contributed by atoms with Crippen LogP contribution in [-0.2, 0) is 4.79 Å². The Morgan fingerprint density at radius 1 is 1.50 bits per heavy atom. The fraction of sp³-hybridized carbons (Fsp3) is 0.562. The molecule has 0 radical (unpaired) electrons. The molecule has 2 fully saturated rings. The van der Waals surface area contributed by atoms with Crippen molar-refractivity contribution in [2.45, 2.75) is 26.2 Å². The molecule has 2 aliphatic heterocycles. The minimum atomic E-state index is -0.415. The molecule has 2 aliphatic rings. The number of hydrogen-bond donors (Lipinski definition) is 0. The van der Waals surface area contributed by atoms with E-state index >= 15 is 0 Å². The molecular weight excluding hydrogens is 282 g/mol. The predicted octanol–water partition coefficient (Wildman–Crippen LogP) is 1.62. The molecule has 22 heavy (non-hydrogen) atoms. The van der Waals surface area contributed by atoms with Gasteiger partial charge in [-0.2, -0.15) is 0 Å². The van der Waals surface area contributed by atoms with Gasteiger partial charge in [-0.1, -0.05) is 11.2 Å². The molecule has 118 valence electrons. The first-order chi connectivity index (χ1) is 10.6. The van der Waals surface area contributed by atoms with Crippen LogP contribution in [0.2, 0.25) is 0 Å². The number of carbonyl (C=O) groups excluding carboxylic acids is 2. The molecule has 0 aliphatic carbocycles. The maximum absolute atomic E-state index is 12.7. The molecule has 0 N–H and O–H groups in total. The van der Waals surface area contributed by atoms with E-state index in [4.69, 9.17) is 4.52 Å². The highest BCUT2D eigenvalue weighted by Crippen LogP contribution is 2.40. The Labute approximate surface area is 129 Å². The maximum atomic E-state index is 12.7. The van der Waals surface area contributed by atoms with Crippen LogP contribution in [0.5, 0.6) is 0 Å². The Balaban J connectivity index is 1.77. The lowest BCUT2D eigenvalue weighted by molar-refractivity contribution is -0.137. The normalized spacial score (nSPS) is 25.0. The summed E-state index contributed by atoms with van der Waals surface area (Å²) in [5, 5.41) is 3.76. The lowest BCUT2D eigenvalue weighted by atomic mass is 9.78. The monoisotopic (exact) mass is 303 g/mol. The van der Waals surface area contributed by atoms with Crippen LogP contribution in [0.1, 0.15) is 35.3 Å². The van der Waals surface area contributed by atoms with Crippen molar-refractivity contribution in [2.75, 3.05) is 26.2 Å². The van der Waals surface area contributed by atoms with Gasteiger partial charge < -0.3 is 14.3 Å². The average Bonchev–Trinajstić information content (AvgIpc) is 3.07. The summed E-state index contributed by atoms with van der Waals surface area (Å²) in [5.74, 6) is 0.0692. The average molecular weight is 303 g/mol. The fourth-order valence-corrected chi connectivity index (χ4v) is 3.57. The van der Waals surface area contributed by atoms with Gasteiger partial charge in [-0.25, -0.2) is 0 Å². The van der Waals surface area contributed by atoms with Gasteiger partial charge in [0.2, 0.25) is 5.91 Å². The van der Waals surface area contributed by atoms with Gasteiger partial charge >= 0.3 is 0 Å². The first kappa shape index (κ1) is 14.8. The van der Waals surface area contributed by atoms with E-state index in [0.29, 0.717) is 30.9 Å². The van der Waals surface area contributed by atoms with Crippen molar-refractivity contribution in [3.8, 4) is 0 Å². The van der Waals surface area contributed by atoms with Gasteiger partial charge in [-0.3, -0.25) is 9.59 Å². The van der Waals surface area contributed by atoms with Crippen molar-refractivity contribution in [1.82, 2.24) is 15.0 Å². The highest BCUT2D eigenvalue weighted by molar-refractivity contribution is 5.95. The molecule has 1 atom stereocenters. The van der Waals surface area contributed by atoms with Gasteiger partial charge in [0, 0.05) is 26.2 Å². The zero-order valence-electron chi connectivity index (χ0n) is 12.9. The van der Waals surface area contributed by atoms with E-state index in [1.807, 2.05) is 4.90 Å². The maximum Gasteiger partial charge on any atom is 0.259 e. The van der Waals surface area contributed by atoms with Crippen LogP contribution in [0, 0.1) is 12.3 Å². The second-order valence-electron chi connectivity index (χ2n) is 6.21. The molecule has 0 saturated carbocycles. The van der Waals surface area contributed by atoms with Crippen LogP contribution in [0.25, 0.3) is 0 Å². The van der Waals surface area contributed by atoms with E-state index in [9.17, 15) is 9.59 Å². The highest BCUT2D eigenvalue weighted by atomic mass is 16.5. The fourth-order valence-electron chi connectivity index (χ4n) is 3.57. The molecule has 6 nitrogen and oxygen atoms in total. The smallest absolute Gasteiger partial charge is 0.259 e. The molecule has 1 aromatic rings. The van der Waals surface area contributed by atoms with Gasteiger partial charge in [0.05, 0.1) is 11.1 Å². The molecule has 3 rings (SSSR count). The molecule has 2 amide bonds. The third-order valence-electron chi connectivity index (χ3n) is 4.80. The molecular formula is C16H21N3O3. The number of nitrogens with zero attached hydrogens (tertiary/aromatic N) is 3. The van der Waals surface area contributed by atoms with Crippen molar-refractivity contribution in [3.63, 3.8) is 0 Å². The van der Waals surface area contributed by atoms with E-state index in [2.05, 4.69) is 11.7 Å². The quantitative estimate of drug-likeness (QED) is 0.796. The zero-order valence-corrected chi connectivity index (χ0v) is 12.9. The summed E-state index contributed by atoms with van der Waals surface area (Å²) in [7, 11) is 0. The lowest BCUT2D eigenvalue weighted by Gasteiger charge is -2.38. The van der Waals surface area contributed by atoms with E-state index in [0.717, 1.165) is 25.8 Å². The molecule has 0 aromatic carbocycles. The zero-order chi connectivity index (χ0) is 15.7. The van der Waals surface area contributed by atoms with Crippen molar-refractivity contribution >= 4 is 11.8 Å². The lowest BCUT2D eigenvalue weighted by Crippen LogP contribution is -2.49. The van der Waals surface area contributed by atoms with E-state index in [1.54, 1.807) is 17.9 Å². The van der Waals surface area contributed by atoms with E-state index < -0.39 is 5.41 Å². The third-order valence-corrected chi connectivity index (χ3v) is 4.80. The Hall–Kier alpha value is -2.11. The van der Waals surface area contributed by atoms with E-state index in [-0.39, 0.29) is 11.8 Å². The van der Waals surface area contributed by atoms with Crippen molar-refractivity contribution in [1.29, 1.82) is 0 Å². The van der Waals surface area contributed by atoms with E-state index in [1.165, 1.54) is 6.26 Å². The topological polar surface area (TPSA) is 66.7 Å². The minimum absolute atomic E-state index is 0.0900. The van der Waals surface area contributed by atoms with Crippen molar-refractivity contribution in [2.24, 2.45) is 5.41 Å². The van der Waals surface area contributed by atoms with Crippen molar-refractivity contribution < 1.29 is 14.1 Å². The van der Waals surface area contributed by atoms with Crippen LogP contribution >= 0.6 is 0 Å². The molecule has 6 heteroatoms. The number of likely N-dealkylation sites (tertiary alicyclic amines) is 2. The molecule has 1 spiro atoms. The highest BCUT2D eigenvalue weighted by Gasteiger charge is 2.49. The Kier molecular flexibility index (Phi) is 3.76. The van der Waals surface area contributed by atoms with Gasteiger partial charge in [0.25, 0.3) is 5.91 Å². The number of amides is 2. The first-order valence-corrected chi connectivity index (χ1v) is 7.68. The molecule has 3 heterocycles. The summed E-state index contributed by atoms with van der Waals surface area (Å²) in [4.78, 5) is 28.9.